The van der Waals surface area contributed by atoms with Gasteiger partial charge in [0, 0.05) is 31.1 Å². The molecule has 0 unspecified atom stereocenters. The zero-order chi connectivity index (χ0) is 16.9. The molecule has 1 amide bonds. The summed E-state index contributed by atoms with van der Waals surface area (Å²) >= 11 is 0. The van der Waals surface area contributed by atoms with Gasteiger partial charge in [-0.1, -0.05) is 17.9 Å². The van der Waals surface area contributed by atoms with Gasteiger partial charge in [-0.2, -0.15) is 0 Å². The van der Waals surface area contributed by atoms with Crippen LogP contribution < -0.4 is 4.74 Å². The summed E-state index contributed by atoms with van der Waals surface area (Å²) in [4.78, 5) is 21.7. The first-order chi connectivity index (χ1) is 10.9. The van der Waals surface area contributed by atoms with Gasteiger partial charge in [0.05, 0.1) is 12.7 Å². The van der Waals surface area contributed by atoms with E-state index in [1.165, 1.54) is 7.11 Å². The van der Waals surface area contributed by atoms with Crippen molar-refractivity contribution in [2.75, 3.05) is 20.2 Å². The third-order valence-electron chi connectivity index (χ3n) is 3.04. The van der Waals surface area contributed by atoms with Crippen LogP contribution in [0.3, 0.4) is 0 Å². The van der Waals surface area contributed by atoms with Crippen LogP contribution in [0.5, 0.6) is 6.01 Å². The largest absolute Gasteiger partial charge is 0.467 e. The number of amides is 1. The summed E-state index contributed by atoms with van der Waals surface area (Å²) in [6, 6.07) is 0.320. The minimum Gasteiger partial charge on any atom is -0.467 e. The minimum atomic E-state index is -0.477. The van der Waals surface area contributed by atoms with E-state index in [0.717, 1.165) is 11.1 Å². The SMILES string of the molecule is COc1ncc(C#CC2=CCN(C(=O)OC(C)(C)C)CC2)cn1. The third kappa shape index (κ3) is 5.29. The first kappa shape index (κ1) is 16.8. The van der Waals surface area contributed by atoms with Crippen LogP contribution in [0, 0.1) is 11.8 Å². The maximum absolute atomic E-state index is 12.0. The second-order valence-corrected chi connectivity index (χ2v) is 6.11. The molecule has 0 saturated carbocycles. The summed E-state index contributed by atoms with van der Waals surface area (Å²) in [6.07, 6.45) is 5.61. The molecule has 2 rings (SSSR count). The summed E-state index contributed by atoms with van der Waals surface area (Å²) < 4.78 is 10.3. The Labute approximate surface area is 136 Å². The lowest BCUT2D eigenvalue weighted by molar-refractivity contribution is 0.0267. The van der Waals surface area contributed by atoms with Crippen LogP contribution in [0.4, 0.5) is 4.79 Å². The Morgan fingerprint density at radius 3 is 2.48 bits per heavy atom. The quantitative estimate of drug-likeness (QED) is 0.745. The summed E-state index contributed by atoms with van der Waals surface area (Å²) in [7, 11) is 1.52. The van der Waals surface area contributed by atoms with Crippen LogP contribution in [0.1, 0.15) is 32.8 Å². The predicted octanol–water partition coefficient (Wildman–Crippen LogP) is 2.40. The molecule has 0 fully saturated rings. The fourth-order valence-corrected chi connectivity index (χ4v) is 1.91. The van der Waals surface area contributed by atoms with Gasteiger partial charge in [0.1, 0.15) is 5.60 Å². The smallest absolute Gasteiger partial charge is 0.410 e. The lowest BCUT2D eigenvalue weighted by atomic mass is 10.1. The molecule has 1 aliphatic rings. The molecular formula is C17H21N3O3. The highest BCUT2D eigenvalue weighted by molar-refractivity contribution is 5.68. The summed E-state index contributed by atoms with van der Waals surface area (Å²) in [5.74, 6) is 6.11. The number of hydrogen-bond donors (Lipinski definition) is 0. The van der Waals surface area contributed by atoms with Crippen molar-refractivity contribution in [2.24, 2.45) is 0 Å². The Balaban J connectivity index is 1.94. The van der Waals surface area contributed by atoms with E-state index in [2.05, 4.69) is 21.8 Å². The topological polar surface area (TPSA) is 64.5 Å². The number of nitrogens with zero attached hydrogens (tertiary/aromatic N) is 3. The average molecular weight is 315 g/mol. The molecule has 0 radical (unpaired) electrons. The van der Waals surface area contributed by atoms with Crippen LogP contribution in [-0.2, 0) is 4.74 Å². The van der Waals surface area contributed by atoms with Crippen LogP contribution in [0.15, 0.2) is 24.0 Å². The summed E-state index contributed by atoms with van der Waals surface area (Å²) in [5.41, 5.74) is 1.25. The fraction of sp³-hybridized carbons (Fsp3) is 0.471. The molecule has 1 aromatic heterocycles. The van der Waals surface area contributed by atoms with Crippen LogP contribution in [0.2, 0.25) is 0 Å². The molecule has 2 heterocycles. The zero-order valence-electron chi connectivity index (χ0n) is 13.9. The molecule has 0 aromatic carbocycles. The molecule has 0 bridgehead atoms. The Morgan fingerprint density at radius 1 is 1.26 bits per heavy atom. The van der Waals surface area contributed by atoms with Gasteiger partial charge in [0.15, 0.2) is 0 Å². The Morgan fingerprint density at radius 2 is 1.96 bits per heavy atom. The summed E-state index contributed by atoms with van der Waals surface area (Å²) in [5, 5.41) is 0. The Bertz CT molecular complexity index is 648. The lowest BCUT2D eigenvalue weighted by Crippen LogP contribution is -2.39. The lowest BCUT2D eigenvalue weighted by Gasteiger charge is -2.28. The van der Waals surface area contributed by atoms with Crippen molar-refractivity contribution in [1.82, 2.24) is 14.9 Å². The van der Waals surface area contributed by atoms with E-state index in [1.807, 2.05) is 26.8 Å². The van der Waals surface area contributed by atoms with Crippen molar-refractivity contribution in [2.45, 2.75) is 32.8 Å². The first-order valence-corrected chi connectivity index (χ1v) is 7.42. The second-order valence-electron chi connectivity index (χ2n) is 6.11. The second kappa shape index (κ2) is 7.14. The van der Waals surface area contributed by atoms with Gasteiger partial charge < -0.3 is 14.4 Å². The molecule has 0 spiro atoms. The number of ether oxygens (including phenoxy) is 2. The van der Waals surface area contributed by atoms with E-state index in [0.29, 0.717) is 25.5 Å². The Hall–Kier alpha value is -2.55. The van der Waals surface area contributed by atoms with Crippen LogP contribution >= 0.6 is 0 Å². The van der Waals surface area contributed by atoms with Crippen molar-refractivity contribution in [3.63, 3.8) is 0 Å². The zero-order valence-corrected chi connectivity index (χ0v) is 13.9. The first-order valence-electron chi connectivity index (χ1n) is 7.42. The standard InChI is InChI=1S/C17H21N3O3/c1-17(2,3)23-16(21)20-9-7-13(8-10-20)5-6-14-11-18-15(22-4)19-12-14/h7,11-12H,8-10H2,1-4H3. The van der Waals surface area contributed by atoms with E-state index in [9.17, 15) is 4.79 Å². The number of carbonyl (C=O) groups excluding carboxylic acids is 1. The number of methoxy groups -OCH3 is 1. The average Bonchev–Trinajstić information content (AvgIpc) is 2.52. The van der Waals surface area contributed by atoms with Gasteiger partial charge in [-0.05, 0) is 27.2 Å². The number of rotatable bonds is 1. The fourth-order valence-electron chi connectivity index (χ4n) is 1.91. The summed E-state index contributed by atoms with van der Waals surface area (Å²) in [6.45, 7) is 6.70. The van der Waals surface area contributed by atoms with Gasteiger partial charge >= 0.3 is 12.1 Å². The molecule has 6 heteroatoms. The van der Waals surface area contributed by atoms with Crippen molar-refractivity contribution < 1.29 is 14.3 Å². The normalized spacial score (nSPS) is 14.4. The van der Waals surface area contributed by atoms with E-state index in [-0.39, 0.29) is 6.09 Å². The van der Waals surface area contributed by atoms with Crippen LogP contribution in [-0.4, -0.2) is 46.8 Å². The van der Waals surface area contributed by atoms with E-state index in [4.69, 9.17) is 9.47 Å². The number of aromatic nitrogens is 2. The molecular weight excluding hydrogens is 294 g/mol. The number of carbonyl (C=O) groups is 1. The van der Waals surface area contributed by atoms with Crippen molar-refractivity contribution in [1.29, 1.82) is 0 Å². The highest BCUT2D eigenvalue weighted by atomic mass is 16.6. The molecule has 0 saturated heterocycles. The van der Waals surface area contributed by atoms with Crippen molar-refractivity contribution >= 4 is 6.09 Å². The molecule has 1 aromatic rings. The molecule has 23 heavy (non-hydrogen) atoms. The van der Waals surface area contributed by atoms with Crippen molar-refractivity contribution in [3.8, 4) is 17.9 Å². The molecule has 122 valence electrons. The molecule has 0 N–H and O–H groups in total. The Kier molecular flexibility index (Phi) is 5.22. The minimum absolute atomic E-state index is 0.288. The maximum atomic E-state index is 12.0. The van der Waals surface area contributed by atoms with Crippen molar-refractivity contribution in [3.05, 3.63) is 29.6 Å². The van der Waals surface area contributed by atoms with Gasteiger partial charge in [-0.25, -0.2) is 14.8 Å². The molecule has 0 atom stereocenters. The maximum Gasteiger partial charge on any atom is 0.410 e. The molecule has 0 aliphatic carbocycles. The highest BCUT2D eigenvalue weighted by Gasteiger charge is 2.23. The molecule has 1 aliphatic heterocycles. The van der Waals surface area contributed by atoms with Gasteiger partial charge in [-0.3, -0.25) is 0 Å². The van der Waals surface area contributed by atoms with E-state index in [1.54, 1.807) is 17.3 Å². The van der Waals surface area contributed by atoms with Crippen LogP contribution in [0.25, 0.3) is 0 Å². The number of hydrogen-bond acceptors (Lipinski definition) is 5. The predicted molar refractivity (Wildman–Crippen MR) is 86.0 cm³/mol. The third-order valence-corrected chi connectivity index (χ3v) is 3.04. The van der Waals surface area contributed by atoms with Gasteiger partial charge in [0.25, 0.3) is 0 Å². The monoisotopic (exact) mass is 315 g/mol. The van der Waals surface area contributed by atoms with E-state index < -0.39 is 5.60 Å². The van der Waals surface area contributed by atoms with Gasteiger partial charge in [-0.15, -0.1) is 0 Å². The highest BCUT2D eigenvalue weighted by Crippen LogP contribution is 2.15. The van der Waals surface area contributed by atoms with E-state index >= 15 is 0 Å². The van der Waals surface area contributed by atoms with Gasteiger partial charge in [0.2, 0.25) is 0 Å². The molecule has 6 nitrogen and oxygen atoms in total.